The normalized spacial score (nSPS) is 20.5. The Hall–Kier alpha value is -1.36. The van der Waals surface area contributed by atoms with Crippen LogP contribution < -0.4 is 10.6 Å². The fourth-order valence-corrected chi connectivity index (χ4v) is 2.67. The van der Waals surface area contributed by atoms with Crippen LogP contribution in [-0.4, -0.2) is 34.8 Å². The molecule has 1 aliphatic rings. The lowest BCUT2D eigenvalue weighted by Crippen LogP contribution is -2.34. The minimum atomic E-state index is -0.0613. The van der Waals surface area contributed by atoms with Crippen molar-refractivity contribution in [3.63, 3.8) is 0 Å². The first-order chi connectivity index (χ1) is 10.1. The summed E-state index contributed by atoms with van der Waals surface area (Å²) in [6.45, 7) is 8.48. The summed E-state index contributed by atoms with van der Waals surface area (Å²) in [5.41, 5.74) is 0.525. The smallest absolute Gasteiger partial charge is 0.271 e. The van der Waals surface area contributed by atoms with Gasteiger partial charge in [0.25, 0.3) is 5.91 Å². The molecule has 1 aliphatic heterocycles. The number of rotatable bonds is 6. The molecule has 0 radical (unpaired) electrons. The Bertz CT molecular complexity index is 449. The van der Waals surface area contributed by atoms with Crippen molar-refractivity contribution in [2.45, 2.75) is 58.5 Å². The lowest BCUT2D eigenvalue weighted by atomic mass is 10.0. The van der Waals surface area contributed by atoms with Crippen LogP contribution in [-0.2, 0) is 0 Å². The third kappa shape index (κ3) is 4.84. The van der Waals surface area contributed by atoms with Crippen molar-refractivity contribution in [2.75, 3.05) is 13.1 Å². The summed E-state index contributed by atoms with van der Waals surface area (Å²) in [5, 5.41) is 10.9. The molecule has 0 aromatic carbocycles. The fourth-order valence-electron chi connectivity index (χ4n) is 2.67. The van der Waals surface area contributed by atoms with Gasteiger partial charge in [-0.2, -0.15) is 5.10 Å². The second kappa shape index (κ2) is 7.59. The monoisotopic (exact) mass is 292 g/mol. The van der Waals surface area contributed by atoms with E-state index in [1.54, 1.807) is 0 Å². The van der Waals surface area contributed by atoms with E-state index in [-0.39, 0.29) is 11.9 Å². The van der Waals surface area contributed by atoms with Gasteiger partial charge in [-0.15, -0.1) is 0 Å². The molecule has 1 amide bonds. The first-order valence-corrected chi connectivity index (χ1v) is 8.13. The quantitative estimate of drug-likeness (QED) is 0.846. The van der Waals surface area contributed by atoms with Gasteiger partial charge in [-0.3, -0.25) is 9.48 Å². The molecule has 5 heteroatoms. The minimum Gasteiger partial charge on any atom is -0.348 e. The molecular formula is C16H28N4O. The molecule has 2 atom stereocenters. The van der Waals surface area contributed by atoms with E-state index >= 15 is 0 Å². The Labute approximate surface area is 127 Å². The third-order valence-corrected chi connectivity index (χ3v) is 4.04. The maximum Gasteiger partial charge on any atom is 0.271 e. The fraction of sp³-hybridized carbons (Fsp3) is 0.750. The molecule has 2 N–H and O–H groups in total. The van der Waals surface area contributed by atoms with Crippen LogP contribution in [0, 0.1) is 5.92 Å². The third-order valence-electron chi connectivity index (χ3n) is 4.04. The van der Waals surface area contributed by atoms with E-state index in [1.165, 1.54) is 0 Å². The van der Waals surface area contributed by atoms with Crippen LogP contribution in [0.5, 0.6) is 0 Å². The number of hydrogen-bond donors (Lipinski definition) is 2. The van der Waals surface area contributed by atoms with Gasteiger partial charge in [0.05, 0.1) is 6.04 Å². The van der Waals surface area contributed by atoms with Gasteiger partial charge in [0.1, 0.15) is 5.69 Å². The number of carbonyl (C=O) groups excluding carboxylic acids is 1. The van der Waals surface area contributed by atoms with Gasteiger partial charge >= 0.3 is 0 Å². The number of hydrogen-bond acceptors (Lipinski definition) is 3. The van der Waals surface area contributed by atoms with E-state index in [9.17, 15) is 4.79 Å². The van der Waals surface area contributed by atoms with E-state index < -0.39 is 0 Å². The van der Waals surface area contributed by atoms with Crippen LogP contribution in [0.15, 0.2) is 12.3 Å². The molecular weight excluding hydrogens is 264 g/mol. The molecule has 1 aromatic rings. The first kappa shape index (κ1) is 16.0. The highest BCUT2D eigenvalue weighted by Crippen LogP contribution is 2.15. The average molecular weight is 292 g/mol. The van der Waals surface area contributed by atoms with Crippen molar-refractivity contribution in [3.8, 4) is 0 Å². The summed E-state index contributed by atoms with van der Waals surface area (Å²) in [5.74, 6) is 0.608. The zero-order valence-corrected chi connectivity index (χ0v) is 13.4. The summed E-state index contributed by atoms with van der Waals surface area (Å²) in [6, 6.07) is 2.39. The zero-order chi connectivity index (χ0) is 15.2. The lowest BCUT2D eigenvalue weighted by Gasteiger charge is -2.22. The van der Waals surface area contributed by atoms with Gasteiger partial charge in [-0.05, 0) is 51.1 Å². The Morgan fingerprint density at radius 1 is 1.48 bits per heavy atom. The largest absolute Gasteiger partial charge is 0.348 e. The number of nitrogens with one attached hydrogen (secondary N) is 2. The van der Waals surface area contributed by atoms with Gasteiger partial charge in [0, 0.05) is 18.8 Å². The highest BCUT2D eigenvalue weighted by atomic mass is 16.2. The Balaban J connectivity index is 1.86. The molecule has 0 bridgehead atoms. The number of nitrogens with zero attached hydrogens (tertiary/aromatic N) is 2. The molecule has 118 valence electrons. The van der Waals surface area contributed by atoms with E-state index in [4.69, 9.17) is 0 Å². The van der Waals surface area contributed by atoms with Crippen LogP contribution in [0.4, 0.5) is 0 Å². The van der Waals surface area contributed by atoms with E-state index in [2.05, 4.69) is 36.5 Å². The highest BCUT2D eigenvalue weighted by molar-refractivity contribution is 5.92. The number of carbonyl (C=O) groups is 1. The number of amides is 1. The lowest BCUT2D eigenvalue weighted by molar-refractivity contribution is 0.0930. The first-order valence-electron chi connectivity index (χ1n) is 8.13. The molecule has 2 heterocycles. The zero-order valence-electron chi connectivity index (χ0n) is 13.4. The van der Waals surface area contributed by atoms with Gasteiger partial charge in [-0.1, -0.05) is 13.8 Å². The van der Waals surface area contributed by atoms with Gasteiger partial charge in [0.2, 0.25) is 0 Å². The van der Waals surface area contributed by atoms with E-state index in [0.29, 0.717) is 17.7 Å². The SMILES string of the molecule is CC(C)CCC(C)NC(=O)c1ccn(C2CCCNC2)n1. The predicted molar refractivity (Wildman–Crippen MR) is 84.4 cm³/mol. The van der Waals surface area contributed by atoms with Gasteiger partial charge < -0.3 is 10.6 Å². The molecule has 2 rings (SSSR count). The maximum atomic E-state index is 12.2. The standard InChI is InChI=1S/C16H28N4O/c1-12(2)6-7-13(3)18-16(21)15-8-10-20(19-15)14-5-4-9-17-11-14/h8,10,12-14,17H,4-7,9,11H2,1-3H3,(H,18,21). The topological polar surface area (TPSA) is 59.0 Å². The van der Waals surface area contributed by atoms with Crippen LogP contribution in [0.2, 0.25) is 0 Å². The van der Waals surface area contributed by atoms with Crippen molar-refractivity contribution < 1.29 is 4.79 Å². The van der Waals surface area contributed by atoms with E-state index in [0.717, 1.165) is 38.8 Å². The number of aromatic nitrogens is 2. The second-order valence-corrected chi connectivity index (χ2v) is 6.53. The molecule has 0 spiro atoms. The molecule has 1 saturated heterocycles. The van der Waals surface area contributed by atoms with Crippen LogP contribution in [0.25, 0.3) is 0 Å². The van der Waals surface area contributed by atoms with Crippen molar-refractivity contribution in [1.82, 2.24) is 20.4 Å². The second-order valence-electron chi connectivity index (χ2n) is 6.53. The molecule has 2 unspecified atom stereocenters. The Kier molecular flexibility index (Phi) is 5.79. The molecule has 21 heavy (non-hydrogen) atoms. The summed E-state index contributed by atoms with van der Waals surface area (Å²) in [6.07, 6.45) is 6.35. The average Bonchev–Trinajstić information content (AvgIpc) is 2.96. The molecule has 1 fully saturated rings. The maximum absolute atomic E-state index is 12.2. The van der Waals surface area contributed by atoms with Crippen LogP contribution in [0.3, 0.4) is 0 Å². The van der Waals surface area contributed by atoms with Crippen LogP contribution in [0.1, 0.15) is 63.0 Å². The molecule has 0 saturated carbocycles. The Morgan fingerprint density at radius 3 is 2.95 bits per heavy atom. The predicted octanol–water partition coefficient (Wildman–Crippen LogP) is 2.36. The van der Waals surface area contributed by atoms with Crippen molar-refractivity contribution in [1.29, 1.82) is 0 Å². The number of piperidine rings is 1. The minimum absolute atomic E-state index is 0.0613. The van der Waals surface area contributed by atoms with Crippen molar-refractivity contribution in [3.05, 3.63) is 18.0 Å². The molecule has 5 nitrogen and oxygen atoms in total. The van der Waals surface area contributed by atoms with Gasteiger partial charge in [0.15, 0.2) is 0 Å². The summed E-state index contributed by atoms with van der Waals surface area (Å²) in [4.78, 5) is 12.2. The van der Waals surface area contributed by atoms with Crippen molar-refractivity contribution in [2.24, 2.45) is 5.92 Å². The van der Waals surface area contributed by atoms with Gasteiger partial charge in [-0.25, -0.2) is 0 Å². The van der Waals surface area contributed by atoms with E-state index in [1.807, 2.05) is 16.9 Å². The summed E-state index contributed by atoms with van der Waals surface area (Å²) < 4.78 is 1.93. The van der Waals surface area contributed by atoms with Crippen LogP contribution >= 0.6 is 0 Å². The molecule has 0 aliphatic carbocycles. The van der Waals surface area contributed by atoms with Crippen molar-refractivity contribution >= 4 is 5.91 Å². The Morgan fingerprint density at radius 2 is 2.29 bits per heavy atom. The summed E-state index contributed by atoms with van der Waals surface area (Å²) in [7, 11) is 0. The summed E-state index contributed by atoms with van der Waals surface area (Å²) >= 11 is 0. The molecule has 1 aromatic heterocycles. The highest BCUT2D eigenvalue weighted by Gasteiger charge is 2.18.